The highest BCUT2D eigenvalue weighted by Gasteiger charge is 2.42. The molecule has 17 heavy (non-hydrogen) atoms. The molecule has 1 atom stereocenters. The van der Waals surface area contributed by atoms with Gasteiger partial charge in [0.1, 0.15) is 5.54 Å². The summed E-state index contributed by atoms with van der Waals surface area (Å²) in [6, 6.07) is 0. The zero-order valence-corrected chi connectivity index (χ0v) is 11.3. The molecule has 1 fully saturated rings. The summed E-state index contributed by atoms with van der Waals surface area (Å²) in [7, 11) is 1.60. The van der Waals surface area contributed by atoms with Crippen molar-refractivity contribution in [1.82, 2.24) is 10.2 Å². The number of hydrogen-bond acceptors (Lipinski definition) is 3. The van der Waals surface area contributed by atoms with E-state index in [1.807, 2.05) is 20.8 Å². The van der Waals surface area contributed by atoms with E-state index in [1.165, 1.54) is 0 Å². The Morgan fingerprint density at radius 2 is 2.06 bits per heavy atom. The first-order chi connectivity index (χ1) is 7.74. The summed E-state index contributed by atoms with van der Waals surface area (Å²) < 4.78 is 5.30. The zero-order chi connectivity index (χ0) is 13.3. The first kappa shape index (κ1) is 14.0. The Labute approximate surface area is 102 Å². The summed E-state index contributed by atoms with van der Waals surface area (Å²) in [6.07, 6.45) is 0.585. The number of amides is 2. The van der Waals surface area contributed by atoms with Crippen LogP contribution in [0.2, 0.25) is 0 Å². The number of methoxy groups -OCH3 is 1. The van der Waals surface area contributed by atoms with E-state index in [4.69, 9.17) is 4.74 Å². The Morgan fingerprint density at radius 1 is 1.47 bits per heavy atom. The topological polar surface area (TPSA) is 58.6 Å². The van der Waals surface area contributed by atoms with E-state index >= 15 is 0 Å². The number of hydrogen-bond donors (Lipinski definition) is 1. The Kier molecular flexibility index (Phi) is 3.81. The highest BCUT2D eigenvalue weighted by atomic mass is 16.5. The maximum atomic E-state index is 12.3. The van der Waals surface area contributed by atoms with Gasteiger partial charge in [-0.25, -0.2) is 0 Å². The van der Waals surface area contributed by atoms with Gasteiger partial charge in [0.05, 0.1) is 12.1 Å². The lowest BCUT2D eigenvalue weighted by molar-refractivity contribution is -0.152. The third-order valence-corrected chi connectivity index (χ3v) is 3.34. The van der Waals surface area contributed by atoms with Crippen molar-refractivity contribution in [3.8, 4) is 0 Å². The molecular weight excluding hydrogens is 220 g/mol. The normalized spacial score (nSPS) is 26.1. The van der Waals surface area contributed by atoms with Crippen LogP contribution >= 0.6 is 0 Å². The van der Waals surface area contributed by atoms with Gasteiger partial charge in [-0.3, -0.25) is 9.59 Å². The summed E-state index contributed by atoms with van der Waals surface area (Å²) in [5.41, 5.74) is -1.22. The van der Waals surface area contributed by atoms with E-state index in [2.05, 4.69) is 5.32 Å². The minimum atomic E-state index is -0.779. The van der Waals surface area contributed by atoms with E-state index in [1.54, 1.807) is 18.9 Å². The molecular formula is C12H22N2O3. The van der Waals surface area contributed by atoms with Crippen LogP contribution in [0.25, 0.3) is 0 Å². The molecule has 0 spiro atoms. The average molecular weight is 242 g/mol. The van der Waals surface area contributed by atoms with Crippen LogP contribution in [-0.2, 0) is 14.3 Å². The summed E-state index contributed by atoms with van der Waals surface area (Å²) >= 11 is 0. The fourth-order valence-electron chi connectivity index (χ4n) is 1.89. The van der Waals surface area contributed by atoms with E-state index < -0.39 is 11.1 Å². The molecule has 0 saturated carbocycles. The fraction of sp³-hybridized carbons (Fsp3) is 0.833. The van der Waals surface area contributed by atoms with Gasteiger partial charge in [0.15, 0.2) is 0 Å². The number of ether oxygens (including phenoxy) is 1. The summed E-state index contributed by atoms with van der Waals surface area (Å²) in [5.74, 6) is -0.148. The predicted octanol–water partition coefficient (Wildman–Crippen LogP) is 0.538. The van der Waals surface area contributed by atoms with Gasteiger partial charge in [-0.1, -0.05) is 6.92 Å². The zero-order valence-electron chi connectivity index (χ0n) is 11.3. The molecule has 1 N–H and O–H groups in total. The van der Waals surface area contributed by atoms with Crippen LogP contribution in [0, 0.1) is 0 Å². The van der Waals surface area contributed by atoms with Crippen LogP contribution in [0.3, 0.4) is 0 Å². The van der Waals surface area contributed by atoms with Crippen LogP contribution < -0.4 is 5.32 Å². The van der Waals surface area contributed by atoms with Gasteiger partial charge in [0, 0.05) is 13.7 Å². The second-order valence-electron chi connectivity index (χ2n) is 5.36. The van der Waals surface area contributed by atoms with Crippen molar-refractivity contribution in [2.45, 2.75) is 45.3 Å². The maximum absolute atomic E-state index is 12.3. The van der Waals surface area contributed by atoms with Crippen molar-refractivity contribution in [2.24, 2.45) is 0 Å². The van der Waals surface area contributed by atoms with Crippen molar-refractivity contribution in [3.63, 3.8) is 0 Å². The van der Waals surface area contributed by atoms with E-state index in [0.29, 0.717) is 13.0 Å². The lowest BCUT2D eigenvalue weighted by atomic mass is 9.93. The van der Waals surface area contributed by atoms with E-state index in [0.717, 1.165) is 0 Å². The summed E-state index contributed by atoms with van der Waals surface area (Å²) in [4.78, 5) is 25.5. The van der Waals surface area contributed by atoms with Crippen molar-refractivity contribution in [3.05, 3.63) is 0 Å². The number of carbonyl (C=O) groups excluding carboxylic acids is 2. The molecule has 0 radical (unpaired) electrons. The van der Waals surface area contributed by atoms with Crippen molar-refractivity contribution >= 4 is 11.8 Å². The Morgan fingerprint density at radius 3 is 2.53 bits per heavy atom. The maximum Gasteiger partial charge on any atom is 0.248 e. The van der Waals surface area contributed by atoms with Crippen LogP contribution in [-0.4, -0.2) is 48.1 Å². The summed E-state index contributed by atoms with van der Waals surface area (Å²) in [5, 5.41) is 2.75. The molecule has 0 aromatic heterocycles. The molecule has 98 valence electrons. The molecule has 5 nitrogen and oxygen atoms in total. The highest BCUT2D eigenvalue weighted by molar-refractivity contribution is 5.97. The molecule has 2 amide bonds. The van der Waals surface area contributed by atoms with E-state index in [-0.39, 0.29) is 18.4 Å². The van der Waals surface area contributed by atoms with Gasteiger partial charge in [-0.15, -0.1) is 0 Å². The van der Waals surface area contributed by atoms with E-state index in [9.17, 15) is 9.59 Å². The molecule has 5 heteroatoms. The van der Waals surface area contributed by atoms with Gasteiger partial charge in [-0.05, 0) is 27.2 Å². The minimum absolute atomic E-state index is 0.0373. The molecule has 1 saturated heterocycles. The molecule has 0 aliphatic carbocycles. The highest BCUT2D eigenvalue weighted by Crippen LogP contribution is 2.20. The SMILES string of the molecule is CCC1(C)NC(=O)CN(CC(C)(C)OC)C1=O. The monoisotopic (exact) mass is 242 g/mol. The fourth-order valence-corrected chi connectivity index (χ4v) is 1.89. The molecule has 1 unspecified atom stereocenters. The third kappa shape index (κ3) is 2.97. The van der Waals surface area contributed by atoms with Crippen LogP contribution in [0.5, 0.6) is 0 Å². The van der Waals surface area contributed by atoms with Crippen molar-refractivity contribution in [1.29, 1.82) is 0 Å². The quantitative estimate of drug-likeness (QED) is 0.782. The molecule has 0 aromatic carbocycles. The average Bonchev–Trinajstić information content (AvgIpc) is 2.25. The predicted molar refractivity (Wildman–Crippen MR) is 64.5 cm³/mol. The van der Waals surface area contributed by atoms with Crippen LogP contribution in [0.1, 0.15) is 34.1 Å². The number of piperazine rings is 1. The first-order valence-corrected chi connectivity index (χ1v) is 5.89. The number of rotatable bonds is 4. The third-order valence-electron chi connectivity index (χ3n) is 3.34. The Hall–Kier alpha value is -1.10. The second kappa shape index (κ2) is 4.64. The molecule has 0 bridgehead atoms. The number of carbonyl (C=O) groups is 2. The van der Waals surface area contributed by atoms with Crippen molar-refractivity contribution in [2.75, 3.05) is 20.2 Å². The molecule has 0 aromatic rings. The van der Waals surface area contributed by atoms with Crippen LogP contribution in [0.15, 0.2) is 0 Å². The molecule has 1 aliphatic heterocycles. The lowest BCUT2D eigenvalue weighted by Gasteiger charge is -2.41. The van der Waals surface area contributed by atoms with Crippen LogP contribution in [0.4, 0.5) is 0 Å². The first-order valence-electron chi connectivity index (χ1n) is 5.89. The minimum Gasteiger partial charge on any atom is -0.377 e. The number of nitrogens with one attached hydrogen (secondary N) is 1. The molecule has 1 heterocycles. The molecule has 1 rings (SSSR count). The number of nitrogens with zero attached hydrogens (tertiary/aromatic N) is 1. The largest absolute Gasteiger partial charge is 0.377 e. The lowest BCUT2D eigenvalue weighted by Crippen LogP contribution is -2.66. The standard InChI is InChI=1S/C12H22N2O3/c1-6-12(4)10(16)14(7-9(15)13-12)8-11(2,3)17-5/h6-8H2,1-5H3,(H,13,15). The van der Waals surface area contributed by atoms with Gasteiger partial charge in [-0.2, -0.15) is 0 Å². The van der Waals surface area contributed by atoms with Gasteiger partial charge in [0.25, 0.3) is 0 Å². The Bertz CT molecular complexity index is 328. The Balaban J connectivity index is 2.86. The summed E-state index contributed by atoms with van der Waals surface area (Å²) in [6.45, 7) is 7.99. The second-order valence-corrected chi connectivity index (χ2v) is 5.36. The smallest absolute Gasteiger partial charge is 0.248 e. The van der Waals surface area contributed by atoms with Gasteiger partial charge >= 0.3 is 0 Å². The van der Waals surface area contributed by atoms with Gasteiger partial charge in [0.2, 0.25) is 11.8 Å². The van der Waals surface area contributed by atoms with Crippen molar-refractivity contribution < 1.29 is 14.3 Å². The molecule has 1 aliphatic rings. The van der Waals surface area contributed by atoms with Gasteiger partial charge < -0.3 is 15.0 Å².